The van der Waals surface area contributed by atoms with Crippen LogP contribution in [-0.4, -0.2) is 51.2 Å². The van der Waals surface area contributed by atoms with E-state index in [-0.39, 0.29) is 5.91 Å². The number of hydrogen-bond donors (Lipinski definition) is 2. The average Bonchev–Trinajstić information content (AvgIpc) is 2.96. The van der Waals surface area contributed by atoms with Gasteiger partial charge in [-0.15, -0.1) is 5.10 Å². The van der Waals surface area contributed by atoms with Gasteiger partial charge >= 0.3 is 0 Å². The summed E-state index contributed by atoms with van der Waals surface area (Å²) in [6, 6.07) is 1.04. The topological polar surface area (TPSA) is 73.9 Å². The van der Waals surface area contributed by atoms with Gasteiger partial charge in [0.1, 0.15) is 5.82 Å². The summed E-state index contributed by atoms with van der Waals surface area (Å²) in [4.78, 5) is 18.6. The van der Waals surface area contributed by atoms with Crippen molar-refractivity contribution < 1.29 is 4.79 Å². The number of likely N-dealkylation sites (tertiary alicyclic amines) is 1. The second-order valence-corrected chi connectivity index (χ2v) is 5.53. The number of nitrogens with zero attached hydrogens (tertiary/aromatic N) is 3. The Morgan fingerprint density at radius 1 is 1.37 bits per heavy atom. The number of hydrogen-bond acceptors (Lipinski definition) is 4. The van der Waals surface area contributed by atoms with Crippen molar-refractivity contribution in [2.45, 2.75) is 51.1 Å². The second kappa shape index (κ2) is 5.28. The first-order valence-electron chi connectivity index (χ1n) is 7.23. The quantitative estimate of drug-likeness (QED) is 0.843. The first kappa shape index (κ1) is 12.6. The molecule has 0 spiro atoms. The zero-order valence-corrected chi connectivity index (χ0v) is 11.4. The zero-order valence-electron chi connectivity index (χ0n) is 11.4. The number of fused-ring (bicyclic) bond motifs is 2. The smallest absolute Gasteiger partial charge is 0.293 e. The number of carbonyl (C=O) groups excluding carboxylic acids is 1. The van der Waals surface area contributed by atoms with E-state index in [1.165, 1.54) is 12.8 Å². The molecule has 2 aliphatic heterocycles. The summed E-state index contributed by atoms with van der Waals surface area (Å²) >= 11 is 0. The summed E-state index contributed by atoms with van der Waals surface area (Å²) < 4.78 is 0. The van der Waals surface area contributed by atoms with Crippen molar-refractivity contribution in [2.75, 3.05) is 13.1 Å². The minimum atomic E-state index is -0.0343. The van der Waals surface area contributed by atoms with Gasteiger partial charge in [0.2, 0.25) is 5.82 Å². The fraction of sp³-hybridized carbons (Fsp3) is 0.769. The summed E-state index contributed by atoms with van der Waals surface area (Å²) in [7, 11) is 0. The molecule has 2 aliphatic rings. The van der Waals surface area contributed by atoms with E-state index in [2.05, 4.69) is 27.4 Å². The number of aryl methyl sites for hydroxylation is 1. The Morgan fingerprint density at radius 2 is 2.21 bits per heavy atom. The van der Waals surface area contributed by atoms with Crippen LogP contribution in [0, 0.1) is 0 Å². The Morgan fingerprint density at radius 3 is 3.05 bits per heavy atom. The molecule has 19 heavy (non-hydrogen) atoms. The van der Waals surface area contributed by atoms with E-state index in [9.17, 15) is 4.79 Å². The SMILES string of the molecule is CCCc1nc(C(=O)N2CCC3CCC(C2)N3)n[nH]1. The van der Waals surface area contributed by atoms with Crippen molar-refractivity contribution in [2.24, 2.45) is 0 Å². The molecule has 0 radical (unpaired) electrons. The van der Waals surface area contributed by atoms with E-state index >= 15 is 0 Å². The first-order valence-corrected chi connectivity index (χ1v) is 7.23. The number of rotatable bonds is 3. The number of amides is 1. The number of H-pyrrole nitrogens is 1. The summed E-state index contributed by atoms with van der Waals surface area (Å²) in [5.41, 5.74) is 0. The highest BCUT2D eigenvalue weighted by Gasteiger charge is 2.32. The maximum atomic E-state index is 12.4. The Labute approximate surface area is 113 Å². The van der Waals surface area contributed by atoms with Crippen LogP contribution in [0.15, 0.2) is 0 Å². The Hall–Kier alpha value is -1.43. The van der Waals surface area contributed by atoms with Gasteiger partial charge in [0.05, 0.1) is 0 Å². The van der Waals surface area contributed by atoms with Crippen LogP contribution in [0.1, 0.15) is 49.1 Å². The van der Waals surface area contributed by atoms with Gasteiger partial charge in [-0.05, 0) is 25.7 Å². The molecule has 0 aliphatic carbocycles. The number of aromatic amines is 1. The molecule has 2 atom stereocenters. The standard InChI is InChI=1S/C13H21N5O/c1-2-3-11-15-12(17-16-11)13(19)18-7-6-9-4-5-10(8-18)14-9/h9-10,14H,2-8H2,1H3,(H,15,16,17). The predicted octanol–water partition coefficient (Wildman–Crippen LogP) is 0.724. The molecule has 1 amide bonds. The van der Waals surface area contributed by atoms with Crippen LogP contribution in [0.5, 0.6) is 0 Å². The molecule has 6 nitrogen and oxygen atoms in total. The lowest BCUT2D eigenvalue weighted by molar-refractivity contribution is 0.0736. The normalized spacial score (nSPS) is 26.5. The van der Waals surface area contributed by atoms with Gasteiger partial charge in [0.25, 0.3) is 5.91 Å². The molecule has 0 saturated carbocycles. The molecule has 2 saturated heterocycles. The van der Waals surface area contributed by atoms with Crippen LogP contribution in [-0.2, 0) is 6.42 Å². The summed E-state index contributed by atoms with van der Waals surface area (Å²) in [5, 5.41) is 10.5. The lowest BCUT2D eigenvalue weighted by Crippen LogP contribution is -2.39. The minimum absolute atomic E-state index is 0.0343. The molecule has 3 heterocycles. The van der Waals surface area contributed by atoms with Gasteiger partial charge in [-0.2, -0.15) is 0 Å². The molecule has 2 fully saturated rings. The van der Waals surface area contributed by atoms with E-state index < -0.39 is 0 Å². The average molecular weight is 263 g/mol. The molecule has 2 N–H and O–H groups in total. The van der Waals surface area contributed by atoms with Gasteiger partial charge < -0.3 is 10.2 Å². The van der Waals surface area contributed by atoms with Crippen molar-refractivity contribution in [1.29, 1.82) is 0 Å². The molecule has 0 aromatic carbocycles. The van der Waals surface area contributed by atoms with Crippen molar-refractivity contribution >= 4 is 5.91 Å². The van der Waals surface area contributed by atoms with E-state index in [0.29, 0.717) is 17.9 Å². The van der Waals surface area contributed by atoms with Crippen LogP contribution in [0.4, 0.5) is 0 Å². The fourth-order valence-corrected chi connectivity index (χ4v) is 3.01. The first-order chi connectivity index (χ1) is 9.26. The Kier molecular flexibility index (Phi) is 3.50. The molecule has 104 valence electrons. The third-order valence-electron chi connectivity index (χ3n) is 4.02. The summed E-state index contributed by atoms with van der Waals surface area (Å²) in [5.74, 6) is 1.09. The largest absolute Gasteiger partial charge is 0.334 e. The Balaban J connectivity index is 1.68. The molecule has 3 rings (SSSR count). The maximum Gasteiger partial charge on any atom is 0.293 e. The van der Waals surface area contributed by atoms with Crippen LogP contribution >= 0.6 is 0 Å². The zero-order chi connectivity index (χ0) is 13.2. The third-order valence-corrected chi connectivity index (χ3v) is 4.02. The second-order valence-electron chi connectivity index (χ2n) is 5.53. The molecular formula is C13H21N5O. The maximum absolute atomic E-state index is 12.4. The highest BCUT2D eigenvalue weighted by Crippen LogP contribution is 2.21. The van der Waals surface area contributed by atoms with Crippen molar-refractivity contribution in [3.63, 3.8) is 0 Å². The van der Waals surface area contributed by atoms with E-state index in [1.54, 1.807) is 0 Å². The van der Waals surface area contributed by atoms with Crippen LogP contribution in [0.25, 0.3) is 0 Å². The number of nitrogens with one attached hydrogen (secondary N) is 2. The van der Waals surface area contributed by atoms with Crippen molar-refractivity contribution in [1.82, 2.24) is 25.4 Å². The van der Waals surface area contributed by atoms with E-state index in [0.717, 1.165) is 38.2 Å². The van der Waals surface area contributed by atoms with Crippen LogP contribution in [0.2, 0.25) is 0 Å². The fourth-order valence-electron chi connectivity index (χ4n) is 3.01. The molecule has 1 aromatic rings. The van der Waals surface area contributed by atoms with Crippen LogP contribution < -0.4 is 5.32 Å². The minimum Gasteiger partial charge on any atom is -0.334 e. The van der Waals surface area contributed by atoms with E-state index in [4.69, 9.17) is 0 Å². The summed E-state index contributed by atoms with van der Waals surface area (Å²) in [6.45, 7) is 3.68. The highest BCUT2D eigenvalue weighted by molar-refractivity contribution is 5.90. The number of aromatic nitrogens is 3. The summed E-state index contributed by atoms with van der Waals surface area (Å²) in [6.07, 6.45) is 5.29. The highest BCUT2D eigenvalue weighted by atomic mass is 16.2. The van der Waals surface area contributed by atoms with Crippen molar-refractivity contribution in [3.8, 4) is 0 Å². The molecule has 6 heteroatoms. The lowest BCUT2D eigenvalue weighted by atomic mass is 10.1. The van der Waals surface area contributed by atoms with Gasteiger partial charge in [0, 0.05) is 31.6 Å². The number of carbonyl (C=O) groups is 1. The van der Waals surface area contributed by atoms with Gasteiger partial charge in [-0.3, -0.25) is 9.89 Å². The van der Waals surface area contributed by atoms with Gasteiger partial charge in [-0.1, -0.05) is 6.92 Å². The third kappa shape index (κ3) is 2.63. The van der Waals surface area contributed by atoms with Gasteiger partial charge in [-0.25, -0.2) is 4.98 Å². The molecule has 2 unspecified atom stereocenters. The van der Waals surface area contributed by atoms with Crippen molar-refractivity contribution in [3.05, 3.63) is 11.6 Å². The molecule has 1 aromatic heterocycles. The van der Waals surface area contributed by atoms with Crippen LogP contribution in [0.3, 0.4) is 0 Å². The van der Waals surface area contributed by atoms with Gasteiger partial charge in [0.15, 0.2) is 0 Å². The monoisotopic (exact) mass is 263 g/mol. The lowest BCUT2D eigenvalue weighted by Gasteiger charge is -2.22. The Bertz CT molecular complexity index is 458. The predicted molar refractivity (Wildman–Crippen MR) is 70.8 cm³/mol. The van der Waals surface area contributed by atoms with E-state index in [1.807, 2.05) is 4.90 Å². The molecular weight excluding hydrogens is 242 g/mol. The molecule has 2 bridgehead atoms.